The Kier molecular flexibility index (Phi) is 4.15. The van der Waals surface area contributed by atoms with Gasteiger partial charge >= 0.3 is 5.97 Å². The Morgan fingerprint density at radius 2 is 2.11 bits per heavy atom. The molecule has 0 aromatic heterocycles. The number of halogens is 2. The summed E-state index contributed by atoms with van der Waals surface area (Å²) in [7, 11) is 0. The highest BCUT2D eigenvalue weighted by Gasteiger charge is 2.32. The lowest BCUT2D eigenvalue weighted by atomic mass is 9.92. The van der Waals surface area contributed by atoms with Crippen LogP contribution in [-0.4, -0.2) is 29.1 Å². The number of nitrogens with zero attached hydrogens (tertiary/aromatic N) is 1. The molecule has 1 atom stereocenters. The number of carboxylic acid groups (broad SMARTS) is 1. The van der Waals surface area contributed by atoms with Gasteiger partial charge in [0.05, 0.1) is 16.5 Å². The maximum Gasteiger partial charge on any atom is 0.303 e. The van der Waals surface area contributed by atoms with Gasteiger partial charge in [-0.1, -0.05) is 29.3 Å². The smallest absolute Gasteiger partial charge is 0.303 e. The predicted octanol–water partition coefficient (Wildman–Crippen LogP) is 3.46. The summed E-state index contributed by atoms with van der Waals surface area (Å²) in [4.78, 5) is 12.8. The van der Waals surface area contributed by atoms with Crippen LogP contribution >= 0.6 is 23.2 Å². The molecular formula is C13H15Cl2NO2. The minimum absolute atomic E-state index is 0.241. The lowest BCUT2D eigenvalue weighted by Gasteiger charge is -2.43. The van der Waals surface area contributed by atoms with Crippen LogP contribution < -0.4 is 0 Å². The van der Waals surface area contributed by atoms with Crippen molar-refractivity contribution < 1.29 is 9.90 Å². The van der Waals surface area contributed by atoms with Gasteiger partial charge in [-0.15, -0.1) is 0 Å². The molecule has 1 heterocycles. The maximum absolute atomic E-state index is 10.6. The van der Waals surface area contributed by atoms with Crippen molar-refractivity contribution in [2.45, 2.75) is 19.4 Å². The fraction of sp³-hybridized carbons (Fsp3) is 0.462. The average Bonchev–Trinajstić information content (AvgIpc) is 2.25. The fourth-order valence-electron chi connectivity index (χ4n) is 2.29. The van der Waals surface area contributed by atoms with Gasteiger partial charge in [-0.3, -0.25) is 9.69 Å². The van der Waals surface area contributed by atoms with Gasteiger partial charge in [-0.25, -0.2) is 0 Å². The van der Waals surface area contributed by atoms with Crippen molar-refractivity contribution >= 4 is 29.2 Å². The monoisotopic (exact) mass is 287 g/mol. The van der Waals surface area contributed by atoms with E-state index in [2.05, 4.69) is 11.8 Å². The molecule has 0 aliphatic carbocycles. The molecule has 1 fully saturated rings. The molecule has 1 N–H and O–H groups in total. The average molecular weight is 288 g/mol. The second kappa shape index (κ2) is 5.47. The molecule has 5 heteroatoms. The van der Waals surface area contributed by atoms with Gasteiger partial charge in [0, 0.05) is 19.1 Å². The number of carboxylic acids is 1. The third-order valence-electron chi connectivity index (χ3n) is 3.42. The zero-order chi connectivity index (χ0) is 13.3. The van der Waals surface area contributed by atoms with Crippen molar-refractivity contribution in [1.82, 2.24) is 4.90 Å². The number of aliphatic carboxylic acids is 1. The van der Waals surface area contributed by atoms with E-state index in [-0.39, 0.29) is 18.4 Å². The van der Waals surface area contributed by atoms with Crippen molar-refractivity contribution in [3.05, 3.63) is 33.8 Å². The largest absolute Gasteiger partial charge is 0.481 e. The van der Waals surface area contributed by atoms with Gasteiger partial charge in [-0.05, 0) is 30.5 Å². The van der Waals surface area contributed by atoms with Gasteiger partial charge in [-0.2, -0.15) is 0 Å². The first kappa shape index (κ1) is 13.7. The van der Waals surface area contributed by atoms with Gasteiger partial charge < -0.3 is 5.11 Å². The van der Waals surface area contributed by atoms with E-state index in [1.54, 1.807) is 6.07 Å². The molecular weight excluding hydrogens is 273 g/mol. The summed E-state index contributed by atoms with van der Waals surface area (Å²) < 4.78 is 0. The summed E-state index contributed by atoms with van der Waals surface area (Å²) in [6.45, 7) is 3.75. The van der Waals surface area contributed by atoms with Gasteiger partial charge in [0.1, 0.15) is 0 Å². The predicted molar refractivity (Wildman–Crippen MR) is 72.2 cm³/mol. The van der Waals surface area contributed by atoms with Crippen molar-refractivity contribution in [2.24, 2.45) is 5.92 Å². The molecule has 1 aliphatic rings. The number of carbonyl (C=O) groups is 1. The lowest BCUT2D eigenvalue weighted by Crippen LogP contribution is -2.48. The molecule has 3 nitrogen and oxygen atoms in total. The number of benzene rings is 1. The molecule has 1 unspecified atom stereocenters. The summed E-state index contributed by atoms with van der Waals surface area (Å²) in [5.41, 5.74) is 1.11. The minimum Gasteiger partial charge on any atom is -0.481 e. The van der Waals surface area contributed by atoms with E-state index in [0.29, 0.717) is 10.0 Å². The van der Waals surface area contributed by atoms with Crippen molar-refractivity contribution in [1.29, 1.82) is 0 Å². The van der Waals surface area contributed by atoms with Crippen LogP contribution in [0.5, 0.6) is 0 Å². The Bertz CT molecular complexity index is 458. The molecule has 2 rings (SSSR count). The molecule has 1 aromatic rings. The van der Waals surface area contributed by atoms with E-state index in [9.17, 15) is 4.79 Å². The van der Waals surface area contributed by atoms with Crippen LogP contribution in [-0.2, 0) is 4.79 Å². The molecule has 98 valence electrons. The van der Waals surface area contributed by atoms with E-state index in [1.807, 2.05) is 12.1 Å². The summed E-state index contributed by atoms with van der Waals surface area (Å²) in [6, 6.07) is 5.87. The summed E-state index contributed by atoms with van der Waals surface area (Å²) in [5.74, 6) is -0.449. The van der Waals surface area contributed by atoms with E-state index in [4.69, 9.17) is 28.3 Å². The molecule has 18 heavy (non-hydrogen) atoms. The zero-order valence-corrected chi connectivity index (χ0v) is 11.6. The Morgan fingerprint density at radius 3 is 2.67 bits per heavy atom. The lowest BCUT2D eigenvalue weighted by molar-refractivity contribution is -0.139. The van der Waals surface area contributed by atoms with Crippen molar-refractivity contribution in [3.8, 4) is 0 Å². The molecule has 0 spiro atoms. The Labute approximate surface area is 116 Å². The van der Waals surface area contributed by atoms with Crippen LogP contribution in [0.1, 0.15) is 24.9 Å². The van der Waals surface area contributed by atoms with Crippen molar-refractivity contribution in [2.75, 3.05) is 13.1 Å². The molecule has 0 amide bonds. The van der Waals surface area contributed by atoms with Crippen LogP contribution in [0, 0.1) is 5.92 Å². The number of hydrogen-bond donors (Lipinski definition) is 1. The standard InChI is InChI=1S/C13H15Cl2NO2/c1-8(10-2-3-11(14)12(15)5-10)16-6-9(7-16)4-13(17)18/h2-3,5,8-9H,4,6-7H2,1H3,(H,17,18). The topological polar surface area (TPSA) is 40.5 Å². The maximum atomic E-state index is 10.6. The molecule has 0 saturated carbocycles. The number of likely N-dealkylation sites (tertiary alicyclic amines) is 1. The summed E-state index contributed by atoms with van der Waals surface area (Å²) in [6.07, 6.45) is 0.255. The van der Waals surface area contributed by atoms with E-state index in [0.717, 1.165) is 18.7 Å². The quantitative estimate of drug-likeness (QED) is 0.922. The van der Waals surface area contributed by atoms with Crippen LogP contribution in [0.15, 0.2) is 18.2 Å². The van der Waals surface area contributed by atoms with Crippen LogP contribution in [0.4, 0.5) is 0 Å². The number of rotatable bonds is 4. The molecule has 1 saturated heterocycles. The van der Waals surface area contributed by atoms with E-state index < -0.39 is 5.97 Å². The SMILES string of the molecule is CC(c1ccc(Cl)c(Cl)c1)N1CC(CC(=O)O)C1. The van der Waals surface area contributed by atoms with E-state index in [1.165, 1.54) is 0 Å². The third kappa shape index (κ3) is 2.97. The first-order valence-electron chi connectivity index (χ1n) is 5.88. The van der Waals surface area contributed by atoms with Gasteiger partial charge in [0.25, 0.3) is 0 Å². The Morgan fingerprint density at radius 1 is 1.44 bits per heavy atom. The van der Waals surface area contributed by atoms with Crippen molar-refractivity contribution in [3.63, 3.8) is 0 Å². The Balaban J connectivity index is 1.95. The first-order chi connectivity index (χ1) is 8.47. The van der Waals surface area contributed by atoms with Crippen LogP contribution in [0.25, 0.3) is 0 Å². The van der Waals surface area contributed by atoms with Crippen LogP contribution in [0.2, 0.25) is 10.0 Å². The second-order valence-electron chi connectivity index (χ2n) is 4.77. The minimum atomic E-state index is -0.721. The van der Waals surface area contributed by atoms with Gasteiger partial charge in [0.2, 0.25) is 0 Å². The molecule has 0 radical (unpaired) electrons. The summed E-state index contributed by atoms with van der Waals surface area (Å²) in [5, 5.41) is 9.82. The number of hydrogen-bond acceptors (Lipinski definition) is 2. The molecule has 0 bridgehead atoms. The Hall–Kier alpha value is -0.770. The molecule has 1 aliphatic heterocycles. The van der Waals surface area contributed by atoms with E-state index >= 15 is 0 Å². The highest BCUT2D eigenvalue weighted by atomic mass is 35.5. The van der Waals surface area contributed by atoms with Crippen LogP contribution in [0.3, 0.4) is 0 Å². The normalized spacial score (nSPS) is 18.4. The first-order valence-corrected chi connectivity index (χ1v) is 6.63. The fourth-order valence-corrected chi connectivity index (χ4v) is 2.59. The zero-order valence-electron chi connectivity index (χ0n) is 10.1. The second-order valence-corrected chi connectivity index (χ2v) is 5.58. The highest BCUT2D eigenvalue weighted by Crippen LogP contribution is 2.32. The van der Waals surface area contributed by atoms with Gasteiger partial charge in [0.15, 0.2) is 0 Å². The highest BCUT2D eigenvalue weighted by molar-refractivity contribution is 6.42. The summed E-state index contributed by atoms with van der Waals surface area (Å²) >= 11 is 11.9. The molecule has 1 aromatic carbocycles. The third-order valence-corrected chi connectivity index (χ3v) is 4.16.